The van der Waals surface area contributed by atoms with Crippen LogP contribution in [0.25, 0.3) is 93.0 Å². The van der Waals surface area contributed by atoms with E-state index in [-0.39, 0.29) is 6.04 Å². The van der Waals surface area contributed by atoms with Crippen LogP contribution in [0, 0.1) is 0 Å². The molecule has 0 saturated carbocycles. The lowest BCUT2D eigenvalue weighted by Gasteiger charge is -2.27. The Kier molecular flexibility index (Phi) is 6.69. The van der Waals surface area contributed by atoms with Crippen molar-refractivity contribution in [3.05, 3.63) is 211 Å². The Morgan fingerprint density at radius 2 is 0.821 bits per heavy atom. The first-order valence-electron chi connectivity index (χ1n) is 19.4. The molecular weight excluding hydrogens is 679 g/mol. The molecule has 0 aliphatic carbocycles. The topological polar surface area (TPSA) is 21.9 Å². The Balaban J connectivity index is 1.29. The number of aromatic nitrogens is 2. The van der Waals surface area contributed by atoms with E-state index in [0.717, 1.165) is 11.5 Å². The van der Waals surface area contributed by atoms with Gasteiger partial charge in [-0.15, -0.1) is 0 Å². The van der Waals surface area contributed by atoms with E-state index in [1.807, 2.05) is 0 Å². The fraction of sp³-hybridized carbons (Fsp3) is 0.0189. The van der Waals surface area contributed by atoms with Gasteiger partial charge in [0.15, 0.2) is 0 Å². The molecule has 3 nitrogen and oxygen atoms in total. The second kappa shape index (κ2) is 12.1. The highest BCUT2D eigenvalue weighted by Gasteiger charge is 2.27. The maximum Gasteiger partial charge on any atom is 0.112 e. The zero-order chi connectivity index (χ0) is 36.7. The highest BCUT2D eigenvalue weighted by molar-refractivity contribution is 6.45. The molecule has 0 spiro atoms. The molecule has 1 N–H and O–H groups in total. The summed E-state index contributed by atoms with van der Waals surface area (Å²) in [5.74, 6) is 1.06. The second-order valence-electron chi connectivity index (χ2n) is 14.9. The first-order chi connectivity index (χ1) is 27.8. The summed E-state index contributed by atoms with van der Waals surface area (Å²) in [6.07, 6.45) is 4.71. The minimum atomic E-state index is -0.0149. The second-order valence-corrected chi connectivity index (χ2v) is 14.9. The van der Waals surface area contributed by atoms with E-state index in [1.165, 1.54) is 92.6 Å². The third-order valence-corrected chi connectivity index (χ3v) is 11.9. The average Bonchev–Trinajstić information content (AvgIpc) is 3.81. The first-order valence-corrected chi connectivity index (χ1v) is 19.4. The molecule has 0 amide bonds. The molecule has 1 aliphatic rings. The monoisotopic (exact) mass is 713 g/mol. The maximum atomic E-state index is 4.03. The van der Waals surface area contributed by atoms with Crippen molar-refractivity contribution in [2.45, 2.75) is 6.04 Å². The van der Waals surface area contributed by atoms with Gasteiger partial charge in [0, 0.05) is 48.8 Å². The predicted octanol–water partition coefficient (Wildman–Crippen LogP) is 13.6. The number of nitrogens with one attached hydrogen (secondary N) is 1. The van der Waals surface area contributed by atoms with Crippen LogP contribution in [-0.2, 0) is 0 Å². The van der Waals surface area contributed by atoms with Crippen LogP contribution in [0.1, 0.15) is 17.2 Å². The van der Waals surface area contributed by atoms with Gasteiger partial charge in [0.1, 0.15) is 5.82 Å². The molecule has 0 bridgehead atoms. The standard InChI is InChI=1S/C53H35N3/c1-4-18-34(19-5-1)36-32-44(35-20-6-2-7-21-35)54-47(33-36)56-46-31-17-15-29-43(46)51-49-38-24-10-12-26-40(38)52-50(48(49)39-25-11-13-27-41(39)53(51)56)42-28-14-16-30-45(42)55(52)37-22-8-3-9-23-37/h1-33,44,54H. The summed E-state index contributed by atoms with van der Waals surface area (Å²) >= 11 is 0. The molecule has 56 heavy (non-hydrogen) atoms. The molecule has 11 aromatic rings. The molecule has 3 heteroatoms. The summed E-state index contributed by atoms with van der Waals surface area (Å²) in [6.45, 7) is 0. The largest absolute Gasteiger partial charge is 0.361 e. The van der Waals surface area contributed by atoms with Gasteiger partial charge >= 0.3 is 0 Å². The molecule has 0 fully saturated rings. The molecule has 1 atom stereocenters. The number of hydrogen-bond donors (Lipinski definition) is 1. The molecule has 9 aromatic carbocycles. The number of fused-ring (bicyclic) bond motifs is 15. The summed E-state index contributed by atoms with van der Waals surface area (Å²) in [5.41, 5.74) is 9.63. The lowest BCUT2D eigenvalue weighted by Crippen LogP contribution is -2.25. The van der Waals surface area contributed by atoms with Gasteiger partial charge in [-0.1, -0.05) is 164 Å². The van der Waals surface area contributed by atoms with Crippen molar-refractivity contribution in [2.75, 3.05) is 0 Å². The molecule has 0 saturated heterocycles. The van der Waals surface area contributed by atoms with Crippen molar-refractivity contribution in [2.24, 2.45) is 0 Å². The smallest absolute Gasteiger partial charge is 0.112 e. The molecular formula is C53H35N3. The zero-order valence-corrected chi connectivity index (χ0v) is 30.5. The van der Waals surface area contributed by atoms with Crippen molar-refractivity contribution in [1.29, 1.82) is 0 Å². The minimum absolute atomic E-state index is 0.0149. The van der Waals surface area contributed by atoms with Gasteiger partial charge in [0.2, 0.25) is 0 Å². The third kappa shape index (κ3) is 4.40. The van der Waals surface area contributed by atoms with E-state index >= 15 is 0 Å². The van der Waals surface area contributed by atoms with Crippen molar-refractivity contribution in [1.82, 2.24) is 14.5 Å². The van der Waals surface area contributed by atoms with Gasteiger partial charge in [0.25, 0.3) is 0 Å². The Bertz CT molecular complexity index is 3420. The molecule has 262 valence electrons. The Labute approximate surface area is 323 Å². The van der Waals surface area contributed by atoms with Crippen LogP contribution in [0.3, 0.4) is 0 Å². The SMILES string of the molecule is C1=C(c2ccccc2)C=C(n2c3ccccc3c3c4c5ccccc5c5c(c6ccccc6n5-c5ccccc5)c4c4ccccc4c32)NC1c1ccccc1. The number of nitrogens with zero attached hydrogens (tertiary/aromatic N) is 2. The van der Waals surface area contributed by atoms with E-state index < -0.39 is 0 Å². The number of hydrogen-bond acceptors (Lipinski definition) is 1. The van der Waals surface area contributed by atoms with E-state index in [1.54, 1.807) is 0 Å². The highest BCUT2D eigenvalue weighted by Crippen LogP contribution is 2.50. The van der Waals surface area contributed by atoms with Gasteiger partial charge in [-0.25, -0.2) is 0 Å². The van der Waals surface area contributed by atoms with E-state index in [9.17, 15) is 0 Å². The van der Waals surface area contributed by atoms with Crippen LogP contribution in [0.4, 0.5) is 0 Å². The number of dihydropyridines is 1. The molecule has 1 aliphatic heterocycles. The molecule has 12 rings (SSSR count). The summed E-state index contributed by atoms with van der Waals surface area (Å²) in [4.78, 5) is 0. The van der Waals surface area contributed by atoms with Crippen LogP contribution >= 0.6 is 0 Å². The van der Waals surface area contributed by atoms with Crippen molar-refractivity contribution in [3.63, 3.8) is 0 Å². The van der Waals surface area contributed by atoms with Crippen molar-refractivity contribution < 1.29 is 0 Å². The minimum Gasteiger partial charge on any atom is -0.361 e. The fourth-order valence-electron chi connectivity index (χ4n) is 9.59. The molecule has 1 unspecified atom stereocenters. The zero-order valence-electron chi connectivity index (χ0n) is 30.5. The van der Waals surface area contributed by atoms with Gasteiger partial charge in [-0.2, -0.15) is 0 Å². The van der Waals surface area contributed by atoms with E-state index in [2.05, 4.69) is 215 Å². The summed E-state index contributed by atoms with van der Waals surface area (Å²) in [6, 6.07) is 68.4. The quantitative estimate of drug-likeness (QED) is 0.180. The Morgan fingerprint density at radius 3 is 1.41 bits per heavy atom. The molecule has 3 heterocycles. The van der Waals surface area contributed by atoms with E-state index in [4.69, 9.17) is 0 Å². The predicted molar refractivity (Wildman–Crippen MR) is 237 cm³/mol. The fourth-order valence-corrected chi connectivity index (χ4v) is 9.59. The summed E-state index contributed by atoms with van der Waals surface area (Å²) < 4.78 is 4.98. The first kappa shape index (κ1) is 31.0. The lowest BCUT2D eigenvalue weighted by atomic mass is 9.89. The van der Waals surface area contributed by atoms with Crippen LogP contribution in [0.2, 0.25) is 0 Å². The number of allylic oxidation sites excluding steroid dienone is 2. The Hall–Kier alpha value is -7.36. The van der Waals surface area contributed by atoms with Crippen LogP contribution in [0.5, 0.6) is 0 Å². The summed E-state index contributed by atoms with van der Waals surface area (Å²) in [5, 5.41) is 16.7. The van der Waals surface area contributed by atoms with Gasteiger partial charge in [0.05, 0.1) is 28.1 Å². The van der Waals surface area contributed by atoms with Crippen LogP contribution < -0.4 is 5.32 Å². The van der Waals surface area contributed by atoms with Crippen molar-refractivity contribution >= 4 is 87.3 Å². The van der Waals surface area contributed by atoms with Crippen LogP contribution in [0.15, 0.2) is 200 Å². The van der Waals surface area contributed by atoms with Gasteiger partial charge in [-0.3, -0.25) is 4.57 Å². The Morgan fingerprint density at radius 1 is 0.375 bits per heavy atom. The molecule has 2 aromatic heterocycles. The number of para-hydroxylation sites is 3. The third-order valence-electron chi connectivity index (χ3n) is 11.9. The van der Waals surface area contributed by atoms with Gasteiger partial charge in [-0.05, 0) is 63.9 Å². The summed E-state index contributed by atoms with van der Waals surface area (Å²) in [7, 11) is 0. The van der Waals surface area contributed by atoms with Gasteiger partial charge < -0.3 is 9.88 Å². The van der Waals surface area contributed by atoms with Crippen LogP contribution in [-0.4, -0.2) is 9.13 Å². The molecule has 0 radical (unpaired) electrons. The normalized spacial score (nSPS) is 14.6. The average molecular weight is 714 g/mol. The van der Waals surface area contributed by atoms with Crippen molar-refractivity contribution in [3.8, 4) is 5.69 Å². The van der Waals surface area contributed by atoms with E-state index in [0.29, 0.717) is 0 Å². The number of rotatable bonds is 4. The number of benzene rings is 9. The maximum absolute atomic E-state index is 4.03. The highest BCUT2D eigenvalue weighted by atomic mass is 15.2. The lowest BCUT2D eigenvalue weighted by molar-refractivity contribution is 0.739.